The highest BCUT2D eigenvalue weighted by Crippen LogP contribution is 2.39. The molecule has 1 heterocycles. The number of ketones is 1. The summed E-state index contributed by atoms with van der Waals surface area (Å²) in [4.78, 5) is 27.9. The van der Waals surface area contributed by atoms with Crippen molar-refractivity contribution in [2.24, 2.45) is 0 Å². The average molecular weight is 398 g/mol. The minimum Gasteiger partial charge on any atom is -0.872 e. The van der Waals surface area contributed by atoms with Crippen molar-refractivity contribution < 1.29 is 28.7 Å². The van der Waals surface area contributed by atoms with Gasteiger partial charge in [0.2, 0.25) is 5.78 Å². The summed E-state index contributed by atoms with van der Waals surface area (Å²) in [5.74, 6) is -2.40. The largest absolute Gasteiger partial charge is 0.872 e. The Morgan fingerprint density at radius 1 is 1.17 bits per heavy atom. The number of nitrogens with one attached hydrogen (secondary N) is 1. The summed E-state index contributed by atoms with van der Waals surface area (Å²) in [5, 5.41) is 13.2. The maximum absolute atomic E-state index is 14.6. The van der Waals surface area contributed by atoms with Crippen LogP contribution in [0.15, 0.2) is 54.1 Å². The number of nitrogens with zero attached hydrogens (tertiary/aromatic N) is 1. The van der Waals surface area contributed by atoms with Gasteiger partial charge in [-0.25, -0.2) is 4.39 Å². The van der Waals surface area contributed by atoms with Crippen molar-refractivity contribution in [3.63, 3.8) is 0 Å². The smallest absolute Gasteiger partial charge is 0.295 e. The normalized spacial score (nSPS) is 18.5. The molecule has 3 rings (SSSR count). The van der Waals surface area contributed by atoms with E-state index in [1.54, 1.807) is 24.3 Å². The van der Waals surface area contributed by atoms with E-state index in [9.17, 15) is 19.1 Å². The Bertz CT molecular complexity index is 971. The lowest BCUT2D eigenvalue weighted by molar-refractivity contribution is -0.857. The van der Waals surface area contributed by atoms with Crippen LogP contribution < -0.4 is 14.7 Å². The van der Waals surface area contributed by atoms with Gasteiger partial charge in [-0.3, -0.25) is 9.59 Å². The van der Waals surface area contributed by atoms with Crippen LogP contribution >= 0.6 is 0 Å². The number of rotatable bonds is 6. The van der Waals surface area contributed by atoms with Gasteiger partial charge < -0.3 is 19.6 Å². The van der Waals surface area contributed by atoms with E-state index in [2.05, 4.69) is 0 Å². The van der Waals surface area contributed by atoms with Gasteiger partial charge in [0.1, 0.15) is 11.6 Å². The van der Waals surface area contributed by atoms with Crippen molar-refractivity contribution in [1.29, 1.82) is 0 Å². The van der Waals surface area contributed by atoms with Gasteiger partial charge >= 0.3 is 0 Å². The number of hydrogen-bond acceptors (Lipinski definition) is 4. The van der Waals surface area contributed by atoms with Gasteiger partial charge in [-0.15, -0.1) is 0 Å². The molecule has 1 aliphatic heterocycles. The van der Waals surface area contributed by atoms with Crippen molar-refractivity contribution in [1.82, 2.24) is 4.90 Å². The zero-order valence-corrected chi connectivity index (χ0v) is 16.6. The highest BCUT2D eigenvalue weighted by molar-refractivity contribution is 6.46. The summed E-state index contributed by atoms with van der Waals surface area (Å²) in [5.41, 5.74) is 0.107. The van der Waals surface area contributed by atoms with Crippen LogP contribution in [0.4, 0.5) is 4.39 Å². The van der Waals surface area contributed by atoms with Gasteiger partial charge in [0.25, 0.3) is 5.91 Å². The zero-order chi connectivity index (χ0) is 21.1. The molecule has 1 unspecified atom stereocenters. The molecule has 1 fully saturated rings. The van der Waals surface area contributed by atoms with Crippen LogP contribution in [0.25, 0.3) is 5.76 Å². The third kappa shape index (κ3) is 4.00. The van der Waals surface area contributed by atoms with E-state index in [1.165, 1.54) is 36.3 Å². The molecule has 6 nitrogen and oxygen atoms in total. The fourth-order valence-electron chi connectivity index (χ4n) is 3.38. The highest BCUT2D eigenvalue weighted by Gasteiger charge is 2.45. The van der Waals surface area contributed by atoms with Gasteiger partial charge in [0.15, 0.2) is 0 Å². The molecule has 1 N–H and O–H groups in total. The molecule has 1 aliphatic rings. The van der Waals surface area contributed by atoms with E-state index < -0.39 is 29.3 Å². The molecule has 1 atom stereocenters. The molecule has 29 heavy (non-hydrogen) atoms. The highest BCUT2D eigenvalue weighted by atomic mass is 19.1. The van der Waals surface area contributed by atoms with Crippen LogP contribution in [-0.2, 0) is 9.59 Å². The molecule has 0 bridgehead atoms. The van der Waals surface area contributed by atoms with Crippen molar-refractivity contribution in [3.8, 4) is 5.75 Å². The van der Waals surface area contributed by atoms with Crippen LogP contribution in [0, 0.1) is 5.82 Å². The lowest BCUT2D eigenvalue weighted by Gasteiger charge is -2.28. The Morgan fingerprint density at radius 2 is 1.90 bits per heavy atom. The predicted octanol–water partition coefficient (Wildman–Crippen LogP) is 0.203. The second-order valence-electron chi connectivity index (χ2n) is 7.18. The fraction of sp³-hybridized carbons (Fsp3) is 0.273. The Hall–Kier alpha value is -3.19. The molecule has 7 heteroatoms. The number of benzene rings is 2. The van der Waals surface area contributed by atoms with E-state index in [0.29, 0.717) is 12.3 Å². The molecular formula is C22H23FN2O4. The first-order valence-electron chi connectivity index (χ1n) is 9.29. The molecular weight excluding hydrogens is 375 g/mol. The summed E-state index contributed by atoms with van der Waals surface area (Å²) in [7, 11) is 5.29. The van der Waals surface area contributed by atoms with E-state index in [0.717, 1.165) is 4.90 Å². The molecule has 0 aliphatic carbocycles. The zero-order valence-electron chi connectivity index (χ0n) is 16.6. The molecule has 2 aromatic carbocycles. The maximum Gasteiger partial charge on any atom is 0.295 e. The number of carbonyl (C=O) groups excluding carboxylic acids is 2. The minimum absolute atomic E-state index is 0.131. The first kappa shape index (κ1) is 20.5. The molecule has 2 aromatic rings. The number of Topliss-reactive ketones (excluding diaryl/α,β-unsaturated/α-hetero) is 1. The third-order valence-electron chi connectivity index (χ3n) is 4.91. The number of halogens is 1. The van der Waals surface area contributed by atoms with Gasteiger partial charge in [-0.1, -0.05) is 36.1 Å². The summed E-state index contributed by atoms with van der Waals surface area (Å²) in [6.07, 6.45) is 0. The lowest BCUT2D eigenvalue weighted by Crippen LogP contribution is -3.06. The number of ether oxygens (including phenoxy) is 1. The van der Waals surface area contributed by atoms with Crippen molar-refractivity contribution in [2.45, 2.75) is 6.04 Å². The van der Waals surface area contributed by atoms with E-state index in [1.807, 2.05) is 14.1 Å². The number of methoxy groups -OCH3 is 1. The molecule has 0 radical (unpaired) electrons. The van der Waals surface area contributed by atoms with Crippen molar-refractivity contribution in [2.75, 3.05) is 34.3 Å². The number of hydrogen-bond donors (Lipinski definition) is 1. The molecule has 152 valence electrons. The van der Waals surface area contributed by atoms with Crippen molar-refractivity contribution in [3.05, 3.63) is 71.0 Å². The van der Waals surface area contributed by atoms with E-state index in [-0.39, 0.29) is 23.2 Å². The Kier molecular flexibility index (Phi) is 5.98. The molecule has 0 spiro atoms. The number of likely N-dealkylation sites (tertiary alicyclic amines) is 1. The summed E-state index contributed by atoms with van der Waals surface area (Å²) >= 11 is 0. The van der Waals surface area contributed by atoms with E-state index >= 15 is 0 Å². The summed E-state index contributed by atoms with van der Waals surface area (Å²) in [6.45, 7) is 0.769. The van der Waals surface area contributed by atoms with Gasteiger partial charge in [-0.2, -0.15) is 0 Å². The first-order chi connectivity index (χ1) is 13.8. The maximum atomic E-state index is 14.6. The number of likely N-dealkylation sites (N-methyl/N-ethyl adjacent to an activating group) is 1. The SMILES string of the molecule is COc1cccc(/C([O-])=C2\C(=O)C(=O)N(CC[NH+](C)C)C2c2ccccc2F)c1. The fourth-order valence-corrected chi connectivity index (χ4v) is 3.38. The molecule has 1 saturated heterocycles. The van der Waals surface area contributed by atoms with Crippen LogP contribution in [0.1, 0.15) is 17.2 Å². The minimum atomic E-state index is -1.06. The molecule has 0 aromatic heterocycles. The summed E-state index contributed by atoms with van der Waals surface area (Å²) < 4.78 is 19.8. The van der Waals surface area contributed by atoms with Gasteiger partial charge in [0, 0.05) is 11.1 Å². The molecule has 0 saturated carbocycles. The third-order valence-corrected chi connectivity index (χ3v) is 4.91. The second-order valence-corrected chi connectivity index (χ2v) is 7.18. The van der Waals surface area contributed by atoms with Crippen LogP contribution in [0.2, 0.25) is 0 Å². The Labute approximate surface area is 168 Å². The average Bonchev–Trinajstić information content (AvgIpc) is 2.96. The molecule has 1 amide bonds. The Balaban J connectivity index is 2.18. The van der Waals surface area contributed by atoms with E-state index in [4.69, 9.17) is 4.74 Å². The van der Waals surface area contributed by atoms with Crippen molar-refractivity contribution >= 4 is 17.4 Å². The second kappa shape index (κ2) is 8.45. The number of amides is 1. The van der Waals surface area contributed by atoms with Gasteiger partial charge in [-0.05, 0) is 23.8 Å². The van der Waals surface area contributed by atoms with Crippen LogP contribution in [0.5, 0.6) is 5.75 Å². The first-order valence-corrected chi connectivity index (χ1v) is 9.29. The monoisotopic (exact) mass is 398 g/mol. The Morgan fingerprint density at radius 3 is 2.55 bits per heavy atom. The quantitative estimate of drug-likeness (QED) is 0.429. The van der Waals surface area contributed by atoms with Crippen LogP contribution in [-0.4, -0.2) is 50.9 Å². The number of quaternary nitrogens is 1. The lowest BCUT2D eigenvalue weighted by atomic mass is 9.95. The standard InChI is InChI=1S/C22H23FN2O4/c1-24(2)11-12-25-19(16-9-4-5-10-17(16)23)18(21(27)22(25)28)20(26)14-7-6-8-15(13-14)29-3/h4-10,13,19,26H,11-12H2,1-3H3/b20-18+. The topological polar surface area (TPSA) is 74.1 Å². The predicted molar refractivity (Wildman–Crippen MR) is 103 cm³/mol. The number of carbonyl (C=O) groups is 2. The van der Waals surface area contributed by atoms with Gasteiger partial charge in [0.05, 0.1) is 40.3 Å². The summed E-state index contributed by atoms with van der Waals surface area (Å²) in [6, 6.07) is 11.2. The van der Waals surface area contributed by atoms with Crippen LogP contribution in [0.3, 0.4) is 0 Å².